The number of carbonyl (C=O) groups excluding carboxylic acids is 1. The molecule has 122 valence electrons. The van der Waals surface area contributed by atoms with Gasteiger partial charge in [-0.1, -0.05) is 23.2 Å². The van der Waals surface area contributed by atoms with E-state index in [1.165, 1.54) is 12.1 Å². The van der Waals surface area contributed by atoms with Crippen LogP contribution in [0.4, 0.5) is 11.5 Å². The molecule has 2 N–H and O–H groups in total. The Bertz CT molecular complexity index is 969. The van der Waals surface area contributed by atoms with Crippen molar-refractivity contribution in [1.29, 1.82) is 0 Å². The number of hydrogen-bond donors (Lipinski definition) is 2. The van der Waals surface area contributed by atoms with Crippen LogP contribution in [0.3, 0.4) is 0 Å². The summed E-state index contributed by atoms with van der Waals surface area (Å²) in [6, 6.07) is 3.67. The number of nitrogens with zero attached hydrogens (tertiary/aromatic N) is 3. The molecule has 0 unspecified atom stereocenters. The minimum absolute atomic E-state index is 0.0125. The van der Waals surface area contributed by atoms with Crippen molar-refractivity contribution in [3.05, 3.63) is 34.2 Å². The van der Waals surface area contributed by atoms with Gasteiger partial charge in [0.15, 0.2) is 26.5 Å². The van der Waals surface area contributed by atoms with Crippen molar-refractivity contribution < 1.29 is 17.3 Å². The molecule has 0 saturated heterocycles. The molecule has 0 aliphatic carbocycles. The van der Waals surface area contributed by atoms with E-state index in [1.54, 1.807) is 5.32 Å². The summed E-state index contributed by atoms with van der Waals surface area (Å²) in [5.41, 5.74) is -0.529. The van der Waals surface area contributed by atoms with Crippen LogP contribution in [0.15, 0.2) is 23.1 Å². The molecule has 11 heteroatoms. The van der Waals surface area contributed by atoms with E-state index in [9.17, 15) is 13.2 Å². The maximum absolute atomic E-state index is 12.1. The van der Waals surface area contributed by atoms with E-state index in [4.69, 9.17) is 27.3 Å². The Morgan fingerprint density at radius 2 is 2.00 bits per heavy atom. The topological polar surface area (TPSA) is 114 Å². The van der Waals surface area contributed by atoms with Crippen LogP contribution in [-0.2, 0) is 9.84 Å². The van der Waals surface area contributed by atoms with Gasteiger partial charge in [-0.25, -0.2) is 13.4 Å². The van der Waals surface area contributed by atoms with Gasteiger partial charge in [0.1, 0.15) is 10.0 Å². The molecule has 2 aromatic rings. The molecule has 0 fully saturated rings. The molecule has 0 bridgehead atoms. The van der Waals surface area contributed by atoms with Crippen LogP contribution in [0, 0.1) is 0 Å². The number of anilines is 2. The highest BCUT2D eigenvalue weighted by Crippen LogP contribution is 2.27. The SMILES string of the molecule is [2H]C([2H])([2H])NC(=O)c1nnc(Cl)cc1Nc1nc(Cl)ccc1S(C)(=O)=O. The quantitative estimate of drug-likeness (QED) is 0.777. The number of aromatic nitrogens is 3. The average Bonchev–Trinajstić information content (AvgIpc) is 2.44. The highest BCUT2D eigenvalue weighted by Gasteiger charge is 2.19. The van der Waals surface area contributed by atoms with Crippen LogP contribution >= 0.6 is 23.2 Å². The fourth-order valence-electron chi connectivity index (χ4n) is 1.63. The highest BCUT2D eigenvalue weighted by atomic mass is 35.5. The third kappa shape index (κ3) is 4.06. The first-order valence-corrected chi connectivity index (χ1v) is 8.51. The molecular formula is C12H11Cl2N5O3S. The van der Waals surface area contributed by atoms with Crippen molar-refractivity contribution in [3.63, 3.8) is 0 Å². The number of amides is 1. The van der Waals surface area contributed by atoms with Crippen molar-refractivity contribution >= 4 is 50.5 Å². The lowest BCUT2D eigenvalue weighted by molar-refractivity contribution is 0.0958. The number of nitrogens with one attached hydrogen (secondary N) is 2. The second-order valence-electron chi connectivity index (χ2n) is 4.26. The van der Waals surface area contributed by atoms with Crippen molar-refractivity contribution in [3.8, 4) is 0 Å². The van der Waals surface area contributed by atoms with Crippen LogP contribution in [0.25, 0.3) is 0 Å². The van der Waals surface area contributed by atoms with Crippen LogP contribution in [0.2, 0.25) is 10.3 Å². The molecule has 0 saturated carbocycles. The normalized spacial score (nSPS) is 13.6. The average molecular weight is 379 g/mol. The second kappa shape index (κ2) is 6.65. The summed E-state index contributed by atoms with van der Waals surface area (Å²) in [5, 5.41) is 11.2. The standard InChI is InChI=1S/C12H11Cl2N5O3S/c1-15-12(20)10-6(5-9(14)18-19-10)16-11-7(23(2,21)22)3-4-8(13)17-11/h3-5H,1-2H3,(H,15,20)(H,16,17,18)/i1D3. The van der Waals surface area contributed by atoms with Crippen molar-refractivity contribution in [2.24, 2.45) is 0 Å². The molecular weight excluding hydrogens is 365 g/mol. The summed E-state index contributed by atoms with van der Waals surface area (Å²) in [6.07, 6.45) is 0.961. The zero-order valence-corrected chi connectivity index (χ0v) is 13.8. The minimum atomic E-state index is -3.69. The maximum atomic E-state index is 12.1. The Balaban J connectivity index is 2.53. The van der Waals surface area contributed by atoms with Gasteiger partial charge in [0.25, 0.3) is 5.91 Å². The van der Waals surface area contributed by atoms with Crippen LogP contribution in [0.1, 0.15) is 14.6 Å². The molecule has 0 spiro atoms. The largest absolute Gasteiger partial charge is 0.354 e. The Kier molecular flexibility index (Phi) is 3.89. The summed E-state index contributed by atoms with van der Waals surface area (Å²) in [4.78, 5) is 15.8. The zero-order valence-electron chi connectivity index (χ0n) is 14.5. The number of sulfone groups is 1. The van der Waals surface area contributed by atoms with E-state index in [0.717, 1.165) is 12.3 Å². The van der Waals surface area contributed by atoms with Gasteiger partial charge in [-0.05, 0) is 12.1 Å². The molecule has 0 atom stereocenters. The van der Waals surface area contributed by atoms with Gasteiger partial charge in [-0.2, -0.15) is 0 Å². The number of carbonyl (C=O) groups is 1. The van der Waals surface area contributed by atoms with E-state index < -0.39 is 28.4 Å². The maximum Gasteiger partial charge on any atom is 0.273 e. The molecule has 23 heavy (non-hydrogen) atoms. The van der Waals surface area contributed by atoms with E-state index in [1.807, 2.05) is 0 Å². The van der Waals surface area contributed by atoms with E-state index in [2.05, 4.69) is 20.5 Å². The molecule has 0 aromatic carbocycles. The lowest BCUT2D eigenvalue weighted by Crippen LogP contribution is -2.21. The monoisotopic (exact) mass is 378 g/mol. The van der Waals surface area contributed by atoms with E-state index in [0.29, 0.717) is 0 Å². The molecule has 2 heterocycles. The Labute approximate surface area is 146 Å². The number of rotatable bonds is 4. The van der Waals surface area contributed by atoms with E-state index in [-0.39, 0.29) is 26.7 Å². The summed E-state index contributed by atoms with van der Waals surface area (Å²) in [6.45, 7) is -2.76. The van der Waals surface area contributed by atoms with Crippen LogP contribution in [-0.4, -0.2) is 42.7 Å². The first kappa shape index (κ1) is 13.5. The molecule has 0 aliphatic rings. The molecule has 8 nitrogen and oxygen atoms in total. The number of halogens is 2. The van der Waals surface area contributed by atoms with Gasteiger partial charge in [0.05, 0.1) is 5.69 Å². The first-order valence-electron chi connectivity index (χ1n) is 7.36. The van der Waals surface area contributed by atoms with Crippen molar-refractivity contribution in [2.75, 3.05) is 18.5 Å². The number of hydrogen-bond acceptors (Lipinski definition) is 7. The summed E-state index contributed by atoms with van der Waals surface area (Å²) in [5.74, 6) is -1.26. The fraction of sp³-hybridized carbons (Fsp3) is 0.167. The van der Waals surface area contributed by atoms with Crippen molar-refractivity contribution in [1.82, 2.24) is 20.5 Å². The van der Waals surface area contributed by atoms with E-state index >= 15 is 0 Å². The van der Waals surface area contributed by atoms with Crippen LogP contribution < -0.4 is 10.6 Å². The third-order valence-corrected chi connectivity index (χ3v) is 4.09. The molecule has 2 rings (SSSR count). The lowest BCUT2D eigenvalue weighted by Gasteiger charge is -2.12. The smallest absolute Gasteiger partial charge is 0.273 e. The first-order chi connectivity index (χ1) is 11.9. The molecule has 1 amide bonds. The van der Waals surface area contributed by atoms with Gasteiger partial charge in [-0.3, -0.25) is 4.79 Å². The van der Waals surface area contributed by atoms with Gasteiger partial charge in [-0.15, -0.1) is 10.2 Å². The predicted molar refractivity (Wildman–Crippen MR) is 86.1 cm³/mol. The van der Waals surface area contributed by atoms with Gasteiger partial charge in [0.2, 0.25) is 0 Å². The lowest BCUT2D eigenvalue weighted by atomic mass is 10.3. The summed E-state index contributed by atoms with van der Waals surface area (Å²) >= 11 is 11.6. The van der Waals surface area contributed by atoms with Gasteiger partial charge in [0, 0.05) is 23.4 Å². The molecule has 0 radical (unpaired) electrons. The molecule has 2 aromatic heterocycles. The summed E-state index contributed by atoms with van der Waals surface area (Å²) in [7, 11) is -3.69. The Hall–Kier alpha value is -1.97. The minimum Gasteiger partial charge on any atom is -0.354 e. The predicted octanol–water partition coefficient (Wildman–Crippen LogP) is 1.69. The number of pyridine rings is 1. The second-order valence-corrected chi connectivity index (χ2v) is 7.02. The fourth-order valence-corrected chi connectivity index (χ4v) is 2.69. The van der Waals surface area contributed by atoms with Crippen LogP contribution in [0.5, 0.6) is 0 Å². The van der Waals surface area contributed by atoms with Gasteiger partial charge >= 0.3 is 0 Å². The van der Waals surface area contributed by atoms with Crippen molar-refractivity contribution in [2.45, 2.75) is 4.90 Å². The summed E-state index contributed by atoms with van der Waals surface area (Å²) < 4.78 is 45.1. The third-order valence-electron chi connectivity index (χ3n) is 2.57. The highest BCUT2D eigenvalue weighted by molar-refractivity contribution is 7.90. The van der Waals surface area contributed by atoms with Gasteiger partial charge < -0.3 is 10.6 Å². The molecule has 0 aliphatic heterocycles. The zero-order chi connectivity index (χ0) is 19.7. The Morgan fingerprint density at radius 1 is 1.26 bits per heavy atom. The Morgan fingerprint density at radius 3 is 2.65 bits per heavy atom.